The highest BCUT2D eigenvalue weighted by atomic mass is 15.2. The third-order valence-electron chi connectivity index (χ3n) is 4.91. The van der Waals surface area contributed by atoms with E-state index in [1.807, 2.05) is 0 Å². The van der Waals surface area contributed by atoms with Crippen molar-refractivity contribution in [2.75, 3.05) is 26.2 Å². The highest BCUT2D eigenvalue weighted by Gasteiger charge is 2.31. The average molecular weight is 254 g/mol. The van der Waals surface area contributed by atoms with Crippen molar-refractivity contribution >= 4 is 0 Å². The summed E-state index contributed by atoms with van der Waals surface area (Å²) in [5, 5.41) is 3.66. The minimum absolute atomic E-state index is 0.487. The molecule has 1 unspecified atom stereocenters. The number of rotatable bonds is 8. The number of hydrogen-bond donors (Lipinski definition) is 1. The summed E-state index contributed by atoms with van der Waals surface area (Å²) < 4.78 is 0. The first-order valence-corrected chi connectivity index (χ1v) is 8.12. The van der Waals surface area contributed by atoms with Crippen LogP contribution < -0.4 is 5.32 Å². The monoisotopic (exact) mass is 254 g/mol. The molecule has 108 valence electrons. The quantitative estimate of drug-likeness (QED) is 0.665. The Labute approximate surface area is 115 Å². The van der Waals surface area contributed by atoms with E-state index in [1.165, 1.54) is 58.2 Å². The van der Waals surface area contributed by atoms with E-state index < -0.39 is 0 Å². The third kappa shape index (κ3) is 4.55. The van der Waals surface area contributed by atoms with E-state index in [4.69, 9.17) is 0 Å². The van der Waals surface area contributed by atoms with Crippen LogP contribution in [-0.2, 0) is 0 Å². The van der Waals surface area contributed by atoms with E-state index in [0.717, 1.165) is 12.6 Å². The molecule has 2 heteroatoms. The van der Waals surface area contributed by atoms with Gasteiger partial charge in [-0.2, -0.15) is 0 Å². The summed E-state index contributed by atoms with van der Waals surface area (Å²) in [6.45, 7) is 14.4. The summed E-state index contributed by atoms with van der Waals surface area (Å²) in [5.74, 6) is 0. The highest BCUT2D eigenvalue weighted by Crippen LogP contribution is 2.30. The van der Waals surface area contributed by atoms with Crippen LogP contribution in [0, 0.1) is 5.41 Å². The Hall–Kier alpha value is -0.0800. The molecule has 0 aromatic heterocycles. The molecule has 1 rings (SSSR count). The van der Waals surface area contributed by atoms with Crippen molar-refractivity contribution in [1.29, 1.82) is 0 Å². The largest absolute Gasteiger partial charge is 0.316 e. The fraction of sp³-hybridized carbons (Fsp3) is 1.00. The predicted octanol–water partition coefficient (Wildman–Crippen LogP) is 3.67. The zero-order chi connectivity index (χ0) is 13.4. The zero-order valence-electron chi connectivity index (χ0n) is 13.1. The van der Waals surface area contributed by atoms with Crippen molar-refractivity contribution in [1.82, 2.24) is 10.2 Å². The Bertz CT molecular complexity index is 211. The Morgan fingerprint density at radius 1 is 1.17 bits per heavy atom. The van der Waals surface area contributed by atoms with E-state index >= 15 is 0 Å². The van der Waals surface area contributed by atoms with Crippen LogP contribution in [0.15, 0.2) is 0 Å². The molecule has 0 aliphatic carbocycles. The average Bonchev–Trinajstić information content (AvgIpc) is 2.40. The van der Waals surface area contributed by atoms with Crippen molar-refractivity contribution in [3.63, 3.8) is 0 Å². The molecule has 0 aromatic rings. The maximum absolute atomic E-state index is 3.66. The van der Waals surface area contributed by atoms with E-state index in [9.17, 15) is 0 Å². The van der Waals surface area contributed by atoms with Crippen molar-refractivity contribution in [3.8, 4) is 0 Å². The molecule has 1 N–H and O–H groups in total. The standard InChI is InChI=1S/C16H34N2/c1-5-11-17-13-16(6-2,7-3)14-18-12-9-8-10-15(18)4/h15,17H,5-14H2,1-4H3. The lowest BCUT2D eigenvalue weighted by atomic mass is 9.80. The molecule has 0 bridgehead atoms. The molecule has 0 amide bonds. The van der Waals surface area contributed by atoms with Gasteiger partial charge in [0.2, 0.25) is 0 Å². The second-order valence-corrected chi connectivity index (χ2v) is 6.20. The van der Waals surface area contributed by atoms with Gasteiger partial charge in [-0.25, -0.2) is 0 Å². The van der Waals surface area contributed by atoms with E-state index in [1.54, 1.807) is 0 Å². The summed E-state index contributed by atoms with van der Waals surface area (Å²) in [6, 6.07) is 0.794. The maximum atomic E-state index is 3.66. The Kier molecular flexibility index (Phi) is 7.25. The van der Waals surface area contributed by atoms with Gasteiger partial charge in [-0.05, 0) is 57.5 Å². The molecule has 1 fully saturated rings. The van der Waals surface area contributed by atoms with E-state index in [-0.39, 0.29) is 0 Å². The van der Waals surface area contributed by atoms with Gasteiger partial charge in [0.15, 0.2) is 0 Å². The van der Waals surface area contributed by atoms with Crippen LogP contribution >= 0.6 is 0 Å². The molecule has 1 heterocycles. The first kappa shape index (κ1) is 16.0. The molecule has 0 radical (unpaired) electrons. The van der Waals surface area contributed by atoms with E-state index in [2.05, 4.69) is 37.9 Å². The second kappa shape index (κ2) is 8.16. The van der Waals surface area contributed by atoms with E-state index in [0.29, 0.717) is 5.41 Å². The molecular formula is C16H34N2. The van der Waals surface area contributed by atoms with Crippen LogP contribution in [0.2, 0.25) is 0 Å². The molecule has 1 aliphatic heterocycles. The lowest BCUT2D eigenvalue weighted by molar-refractivity contribution is 0.0805. The Balaban J connectivity index is 2.53. The Morgan fingerprint density at radius 2 is 1.89 bits per heavy atom. The molecule has 0 saturated carbocycles. The van der Waals surface area contributed by atoms with Gasteiger partial charge in [0, 0.05) is 19.1 Å². The smallest absolute Gasteiger partial charge is 0.00671 e. The third-order valence-corrected chi connectivity index (χ3v) is 4.91. The second-order valence-electron chi connectivity index (χ2n) is 6.20. The number of hydrogen-bond acceptors (Lipinski definition) is 2. The topological polar surface area (TPSA) is 15.3 Å². The summed E-state index contributed by atoms with van der Waals surface area (Å²) in [4.78, 5) is 2.74. The fourth-order valence-corrected chi connectivity index (χ4v) is 3.13. The fourth-order valence-electron chi connectivity index (χ4n) is 3.13. The van der Waals surface area contributed by atoms with Gasteiger partial charge in [0.1, 0.15) is 0 Å². The van der Waals surface area contributed by atoms with Gasteiger partial charge in [-0.15, -0.1) is 0 Å². The summed E-state index contributed by atoms with van der Waals surface area (Å²) >= 11 is 0. The van der Waals surface area contributed by atoms with Crippen LogP contribution in [0.3, 0.4) is 0 Å². The molecule has 2 nitrogen and oxygen atoms in total. The normalized spacial score (nSPS) is 22.3. The molecule has 1 atom stereocenters. The van der Waals surface area contributed by atoms with Gasteiger partial charge >= 0.3 is 0 Å². The maximum Gasteiger partial charge on any atom is 0.00671 e. The predicted molar refractivity (Wildman–Crippen MR) is 81.1 cm³/mol. The van der Waals surface area contributed by atoms with Crippen molar-refractivity contribution in [2.24, 2.45) is 5.41 Å². The SMILES string of the molecule is CCCNCC(CC)(CC)CN1CCCCC1C. The van der Waals surface area contributed by atoms with Crippen molar-refractivity contribution in [3.05, 3.63) is 0 Å². The number of likely N-dealkylation sites (tertiary alicyclic amines) is 1. The molecular weight excluding hydrogens is 220 g/mol. The minimum atomic E-state index is 0.487. The molecule has 0 aromatic carbocycles. The summed E-state index contributed by atoms with van der Waals surface area (Å²) in [5.41, 5.74) is 0.487. The lowest BCUT2D eigenvalue weighted by Crippen LogP contribution is -2.48. The summed E-state index contributed by atoms with van der Waals surface area (Å²) in [6.07, 6.45) is 8.05. The van der Waals surface area contributed by atoms with Gasteiger partial charge in [0.25, 0.3) is 0 Å². The van der Waals surface area contributed by atoms with Crippen molar-refractivity contribution < 1.29 is 0 Å². The van der Waals surface area contributed by atoms with Crippen LogP contribution in [-0.4, -0.2) is 37.1 Å². The Morgan fingerprint density at radius 3 is 2.44 bits per heavy atom. The molecule has 1 saturated heterocycles. The van der Waals surface area contributed by atoms with Gasteiger partial charge < -0.3 is 10.2 Å². The number of nitrogens with zero attached hydrogens (tertiary/aromatic N) is 1. The van der Waals surface area contributed by atoms with Crippen LogP contribution in [0.25, 0.3) is 0 Å². The van der Waals surface area contributed by atoms with Gasteiger partial charge in [-0.1, -0.05) is 27.2 Å². The molecule has 18 heavy (non-hydrogen) atoms. The van der Waals surface area contributed by atoms with Gasteiger partial charge in [-0.3, -0.25) is 0 Å². The van der Waals surface area contributed by atoms with Crippen molar-refractivity contribution in [2.45, 2.75) is 72.3 Å². The highest BCUT2D eigenvalue weighted by molar-refractivity contribution is 4.86. The van der Waals surface area contributed by atoms with Crippen LogP contribution in [0.1, 0.15) is 66.2 Å². The summed E-state index contributed by atoms with van der Waals surface area (Å²) in [7, 11) is 0. The first-order valence-electron chi connectivity index (χ1n) is 8.12. The zero-order valence-corrected chi connectivity index (χ0v) is 13.1. The number of nitrogens with one attached hydrogen (secondary N) is 1. The van der Waals surface area contributed by atoms with Crippen LogP contribution in [0.4, 0.5) is 0 Å². The number of piperidine rings is 1. The molecule has 1 aliphatic rings. The molecule has 0 spiro atoms. The minimum Gasteiger partial charge on any atom is -0.316 e. The van der Waals surface area contributed by atoms with Crippen LogP contribution in [0.5, 0.6) is 0 Å². The lowest BCUT2D eigenvalue weighted by Gasteiger charge is -2.42. The van der Waals surface area contributed by atoms with Gasteiger partial charge in [0.05, 0.1) is 0 Å². The first-order chi connectivity index (χ1) is 8.67.